The number of carbonyl (C=O) groups is 1. The summed E-state index contributed by atoms with van der Waals surface area (Å²) in [7, 11) is 1.46. The summed E-state index contributed by atoms with van der Waals surface area (Å²) in [5.74, 6) is 0.0194. The van der Waals surface area contributed by atoms with E-state index in [4.69, 9.17) is 16.3 Å². The Bertz CT molecular complexity index is 1010. The van der Waals surface area contributed by atoms with Crippen molar-refractivity contribution in [1.82, 2.24) is 5.32 Å². The Kier molecular flexibility index (Phi) is 6.20. The van der Waals surface area contributed by atoms with Gasteiger partial charge in [-0.1, -0.05) is 17.7 Å². The van der Waals surface area contributed by atoms with Gasteiger partial charge in [-0.15, -0.1) is 0 Å². The summed E-state index contributed by atoms with van der Waals surface area (Å²) in [4.78, 5) is 17.3. The van der Waals surface area contributed by atoms with Crippen molar-refractivity contribution in [2.24, 2.45) is 4.99 Å². The van der Waals surface area contributed by atoms with E-state index in [2.05, 4.69) is 42.2 Å². The van der Waals surface area contributed by atoms with Crippen molar-refractivity contribution in [1.29, 1.82) is 0 Å². The van der Waals surface area contributed by atoms with E-state index in [0.717, 1.165) is 5.56 Å². The number of aromatic hydroxyl groups is 1. The standard InChI is InChI=1S/C18H13Br2ClN2O3S/c1-8-10(21)4-3-5-11(8)22-18-23-17(25)13(27-18)7-9-6-12(26-2)16(24)15(20)14(9)19/h3-7,24H,1-2H3,(H,22,23,25)/b13-7-. The molecule has 0 bridgehead atoms. The van der Waals surface area contributed by atoms with Crippen LogP contribution in [0.4, 0.5) is 5.69 Å². The van der Waals surface area contributed by atoms with Crippen molar-refractivity contribution in [2.75, 3.05) is 7.11 Å². The predicted octanol–water partition coefficient (Wildman–Crippen LogP) is 5.78. The summed E-state index contributed by atoms with van der Waals surface area (Å²) < 4.78 is 6.22. The van der Waals surface area contributed by atoms with Gasteiger partial charge in [0.15, 0.2) is 16.7 Å². The van der Waals surface area contributed by atoms with Crippen LogP contribution in [0.5, 0.6) is 11.5 Å². The minimum absolute atomic E-state index is 0.0197. The molecular weight excluding hydrogens is 520 g/mol. The van der Waals surface area contributed by atoms with Crippen molar-refractivity contribution >= 4 is 78.1 Å². The molecule has 0 saturated carbocycles. The van der Waals surface area contributed by atoms with E-state index in [0.29, 0.717) is 41.0 Å². The summed E-state index contributed by atoms with van der Waals surface area (Å²) in [6.07, 6.45) is 1.70. The molecule has 0 spiro atoms. The lowest BCUT2D eigenvalue weighted by atomic mass is 10.2. The number of nitrogens with one attached hydrogen (secondary N) is 1. The van der Waals surface area contributed by atoms with Crippen LogP contribution < -0.4 is 10.1 Å². The third-order valence-corrected chi connectivity index (χ3v) is 7.27. The molecule has 1 aliphatic heterocycles. The smallest absolute Gasteiger partial charge is 0.264 e. The van der Waals surface area contributed by atoms with Crippen LogP contribution in [-0.2, 0) is 4.79 Å². The van der Waals surface area contributed by atoms with Gasteiger partial charge in [0.25, 0.3) is 5.91 Å². The predicted molar refractivity (Wildman–Crippen MR) is 117 cm³/mol. The molecule has 27 heavy (non-hydrogen) atoms. The summed E-state index contributed by atoms with van der Waals surface area (Å²) in [5.41, 5.74) is 2.21. The Labute approximate surface area is 182 Å². The first-order chi connectivity index (χ1) is 12.8. The average molecular weight is 533 g/mol. The number of rotatable bonds is 3. The summed E-state index contributed by atoms with van der Waals surface area (Å²) in [6.45, 7) is 1.87. The Balaban J connectivity index is 1.96. The van der Waals surface area contributed by atoms with E-state index in [9.17, 15) is 9.90 Å². The first-order valence-electron chi connectivity index (χ1n) is 7.61. The maximum absolute atomic E-state index is 12.3. The number of methoxy groups -OCH3 is 1. The van der Waals surface area contributed by atoms with Crippen molar-refractivity contribution in [3.63, 3.8) is 0 Å². The van der Waals surface area contributed by atoms with Gasteiger partial charge in [-0.05, 0) is 85.9 Å². The van der Waals surface area contributed by atoms with Gasteiger partial charge in [0.05, 0.1) is 22.2 Å². The fourth-order valence-corrected chi connectivity index (χ4v) is 4.16. The number of carbonyl (C=O) groups excluding carboxylic acids is 1. The molecule has 2 aromatic carbocycles. The lowest BCUT2D eigenvalue weighted by Gasteiger charge is -2.10. The first-order valence-corrected chi connectivity index (χ1v) is 10.4. The van der Waals surface area contributed by atoms with Crippen LogP contribution in [0, 0.1) is 6.92 Å². The Morgan fingerprint density at radius 2 is 2.07 bits per heavy atom. The minimum Gasteiger partial charge on any atom is -0.503 e. The van der Waals surface area contributed by atoms with Crippen LogP contribution in [0.3, 0.4) is 0 Å². The van der Waals surface area contributed by atoms with Crippen molar-refractivity contribution in [3.05, 3.63) is 54.3 Å². The zero-order chi connectivity index (χ0) is 19.7. The summed E-state index contributed by atoms with van der Waals surface area (Å²) in [5, 5.41) is 13.9. The molecule has 0 unspecified atom stereocenters. The Hall–Kier alpha value is -1.48. The topological polar surface area (TPSA) is 70.9 Å². The molecule has 0 aromatic heterocycles. The lowest BCUT2D eigenvalue weighted by molar-refractivity contribution is -0.115. The molecule has 1 amide bonds. The van der Waals surface area contributed by atoms with Gasteiger partial charge in [0.2, 0.25) is 0 Å². The van der Waals surface area contributed by atoms with E-state index in [1.807, 2.05) is 19.1 Å². The summed E-state index contributed by atoms with van der Waals surface area (Å²) >= 11 is 14.1. The molecule has 9 heteroatoms. The molecule has 3 rings (SSSR count). The van der Waals surface area contributed by atoms with E-state index in [1.54, 1.807) is 18.2 Å². The van der Waals surface area contributed by atoms with Gasteiger partial charge in [-0.3, -0.25) is 4.79 Å². The van der Waals surface area contributed by atoms with Crippen LogP contribution in [0.25, 0.3) is 6.08 Å². The fourth-order valence-electron chi connectivity index (χ4n) is 2.32. The number of amides is 1. The van der Waals surface area contributed by atoms with Crippen molar-refractivity contribution in [2.45, 2.75) is 6.92 Å². The van der Waals surface area contributed by atoms with Crippen molar-refractivity contribution < 1.29 is 14.6 Å². The largest absolute Gasteiger partial charge is 0.503 e. The number of hydrogen-bond donors (Lipinski definition) is 2. The number of halogens is 3. The van der Waals surface area contributed by atoms with Crippen LogP contribution in [-0.4, -0.2) is 23.3 Å². The number of hydrogen-bond acceptors (Lipinski definition) is 5. The normalized spacial score (nSPS) is 16.9. The number of ether oxygens (including phenoxy) is 1. The van der Waals surface area contributed by atoms with E-state index in [-0.39, 0.29) is 11.7 Å². The first kappa shape index (κ1) is 20.3. The van der Waals surface area contributed by atoms with E-state index in [1.165, 1.54) is 18.9 Å². The second-order valence-electron chi connectivity index (χ2n) is 5.51. The van der Waals surface area contributed by atoms with Crippen LogP contribution in [0.2, 0.25) is 5.02 Å². The highest BCUT2D eigenvalue weighted by Gasteiger charge is 2.25. The third-order valence-electron chi connectivity index (χ3n) is 3.79. The molecule has 1 saturated heterocycles. The molecule has 1 fully saturated rings. The Morgan fingerprint density at radius 3 is 2.78 bits per heavy atom. The highest BCUT2D eigenvalue weighted by atomic mass is 79.9. The molecular formula is C18H13Br2ClN2O3S. The molecule has 5 nitrogen and oxygen atoms in total. The second kappa shape index (κ2) is 8.26. The minimum atomic E-state index is -0.256. The van der Waals surface area contributed by atoms with Gasteiger partial charge in [-0.2, -0.15) is 0 Å². The molecule has 0 atom stereocenters. The van der Waals surface area contributed by atoms with Gasteiger partial charge in [0, 0.05) is 9.50 Å². The van der Waals surface area contributed by atoms with Gasteiger partial charge >= 0.3 is 0 Å². The zero-order valence-corrected chi connectivity index (χ0v) is 18.9. The molecule has 0 radical (unpaired) electrons. The summed E-state index contributed by atoms with van der Waals surface area (Å²) in [6, 6.07) is 7.08. The lowest BCUT2D eigenvalue weighted by Crippen LogP contribution is -2.19. The van der Waals surface area contributed by atoms with E-state index < -0.39 is 0 Å². The van der Waals surface area contributed by atoms with Gasteiger partial charge < -0.3 is 15.2 Å². The highest BCUT2D eigenvalue weighted by Crippen LogP contribution is 2.43. The van der Waals surface area contributed by atoms with Gasteiger partial charge in [0.1, 0.15) is 0 Å². The Morgan fingerprint density at radius 1 is 1.33 bits per heavy atom. The van der Waals surface area contributed by atoms with Gasteiger partial charge in [-0.25, -0.2) is 4.99 Å². The molecule has 0 aliphatic carbocycles. The molecule has 2 aromatic rings. The SMILES string of the molecule is COc1cc(/C=C2\SC(=Nc3cccc(Cl)c3C)NC2=O)c(Br)c(Br)c1O. The van der Waals surface area contributed by atoms with Crippen LogP contribution >= 0.6 is 55.2 Å². The quantitative estimate of drug-likeness (QED) is 0.492. The number of phenolic OH excluding ortho intramolecular Hbond substituents is 1. The average Bonchev–Trinajstić information content (AvgIpc) is 2.98. The number of phenols is 1. The maximum Gasteiger partial charge on any atom is 0.264 e. The fraction of sp³-hybridized carbons (Fsp3) is 0.111. The zero-order valence-electron chi connectivity index (χ0n) is 14.1. The molecule has 2 N–H and O–H groups in total. The highest BCUT2D eigenvalue weighted by molar-refractivity contribution is 9.13. The van der Waals surface area contributed by atoms with Crippen LogP contribution in [0.15, 0.2) is 43.1 Å². The monoisotopic (exact) mass is 530 g/mol. The van der Waals surface area contributed by atoms with Crippen LogP contribution in [0.1, 0.15) is 11.1 Å². The maximum atomic E-state index is 12.3. The number of nitrogens with zero attached hydrogens (tertiary/aromatic N) is 1. The second-order valence-corrected chi connectivity index (χ2v) is 8.53. The van der Waals surface area contributed by atoms with Crippen molar-refractivity contribution in [3.8, 4) is 11.5 Å². The third kappa shape index (κ3) is 4.18. The number of aliphatic imine (C=N–C) groups is 1. The number of amidine groups is 1. The molecule has 1 aliphatic rings. The number of thioether (sulfide) groups is 1. The van der Waals surface area contributed by atoms with E-state index >= 15 is 0 Å². The number of benzene rings is 2. The molecule has 140 valence electrons. The molecule has 1 heterocycles.